The van der Waals surface area contributed by atoms with Crippen LogP contribution >= 0.6 is 47.0 Å². The van der Waals surface area contributed by atoms with Gasteiger partial charge >= 0.3 is 34.5 Å². The molecule has 0 radical (unpaired) electrons. The number of halogens is 2. The fourth-order valence-electron chi connectivity index (χ4n) is 8.34. The normalized spacial score (nSPS) is 11.9. The summed E-state index contributed by atoms with van der Waals surface area (Å²) in [4.78, 5) is 2.73. The molecule has 0 spiro atoms. The maximum atomic E-state index is 6.15. The average Bonchev–Trinajstić information content (AvgIpc) is 3.39. The Hall–Kier alpha value is -4.95. The number of benzene rings is 10. The second-order valence-electron chi connectivity index (χ2n) is 15.6. The van der Waals surface area contributed by atoms with Gasteiger partial charge in [0.15, 0.2) is 0 Å². The monoisotopic (exact) mass is 1040 g/mol. The number of hydrogen-bond acceptors (Lipinski definition) is 3. The van der Waals surface area contributed by atoms with E-state index in [1.54, 1.807) is 0 Å². The number of fused-ring (bicyclic) bond motifs is 2. The Morgan fingerprint density at radius 2 is 0.591 bits per heavy atom. The summed E-state index contributed by atoms with van der Waals surface area (Å²) in [5.74, 6) is 0. The van der Waals surface area contributed by atoms with E-state index in [1.807, 2.05) is 72.4 Å². The molecule has 0 aromatic heterocycles. The van der Waals surface area contributed by atoms with E-state index in [1.165, 1.54) is 63.2 Å². The third kappa shape index (κ3) is 11.6. The fraction of sp³-hybridized carbons (Fsp3) is 0.0345. The van der Waals surface area contributed by atoms with E-state index < -0.39 is 15.8 Å². The zero-order valence-corrected chi connectivity index (χ0v) is 42.1. The number of rotatable bonds is 11. The molecule has 326 valence electrons. The van der Waals surface area contributed by atoms with Crippen molar-refractivity contribution < 1.29 is 15.1 Å². The van der Waals surface area contributed by atoms with Crippen molar-refractivity contribution in [1.29, 1.82) is 0 Å². The maximum absolute atomic E-state index is 6.15. The van der Waals surface area contributed by atoms with Crippen LogP contribution in [0.3, 0.4) is 0 Å². The first-order valence-electron chi connectivity index (χ1n) is 21.7. The van der Waals surface area contributed by atoms with Crippen LogP contribution in [-0.2, 0) is 15.1 Å². The molecule has 0 saturated heterocycles. The van der Waals surface area contributed by atoms with Crippen LogP contribution in [0.2, 0.25) is 0 Å². The maximum Gasteiger partial charge on any atom is 0.116 e. The van der Waals surface area contributed by atoms with Crippen LogP contribution in [0.5, 0.6) is 0 Å². The molecule has 0 aliphatic rings. The molecule has 0 heterocycles. The minimum Gasteiger partial charge on any atom is -0.0804 e. The van der Waals surface area contributed by atoms with Crippen molar-refractivity contribution in [3.05, 3.63) is 266 Å². The summed E-state index contributed by atoms with van der Waals surface area (Å²) in [6.07, 6.45) is 0. The van der Waals surface area contributed by atoms with Gasteiger partial charge in [-0.1, -0.05) is 206 Å². The van der Waals surface area contributed by atoms with E-state index in [0.717, 1.165) is 11.1 Å². The summed E-state index contributed by atoms with van der Waals surface area (Å²) in [7, 11) is 7.07. The van der Waals surface area contributed by atoms with Crippen molar-refractivity contribution in [3.8, 4) is 0 Å². The minimum absolute atomic E-state index is 0.163. The molecule has 10 rings (SSSR count). The fourth-order valence-corrected chi connectivity index (χ4v) is 15.6. The van der Waals surface area contributed by atoms with Gasteiger partial charge in [0, 0.05) is 12.1 Å². The zero-order valence-electron chi connectivity index (χ0n) is 36.1. The van der Waals surface area contributed by atoms with Gasteiger partial charge in [0.2, 0.25) is 0 Å². The average molecular weight is 1040 g/mol. The topological polar surface area (TPSA) is 52.0 Å². The predicted molar refractivity (Wildman–Crippen MR) is 291 cm³/mol. The molecule has 10 aromatic carbocycles. The molecule has 66 heavy (non-hydrogen) atoms. The van der Waals surface area contributed by atoms with Crippen molar-refractivity contribution in [2.75, 3.05) is 0 Å². The minimum atomic E-state index is -1.32. The molecule has 0 amide bonds. The molecule has 2 unspecified atom stereocenters. The van der Waals surface area contributed by atoms with Gasteiger partial charge in [-0.2, -0.15) is 0 Å². The summed E-state index contributed by atoms with van der Waals surface area (Å²) in [5, 5.41) is 13.7. The third-order valence-electron chi connectivity index (χ3n) is 11.5. The van der Waals surface area contributed by atoms with Gasteiger partial charge in [0.1, 0.15) is 31.8 Å². The zero-order chi connectivity index (χ0) is 45.5. The Bertz CT molecular complexity index is 2760. The van der Waals surface area contributed by atoms with Crippen LogP contribution < -0.4 is 43.3 Å². The van der Waals surface area contributed by atoms with Crippen molar-refractivity contribution in [1.82, 2.24) is 0 Å². The Labute approximate surface area is 411 Å². The van der Waals surface area contributed by atoms with Gasteiger partial charge < -0.3 is 11.5 Å². The Kier molecular flexibility index (Phi) is 17.4. The Balaban J connectivity index is 0.000000261. The second kappa shape index (κ2) is 24.2. The van der Waals surface area contributed by atoms with Crippen LogP contribution in [0, 0.1) is 0 Å². The summed E-state index contributed by atoms with van der Waals surface area (Å²) >= 11 is 1.64. The summed E-state index contributed by atoms with van der Waals surface area (Å²) in [6.45, 7) is 0. The van der Waals surface area contributed by atoms with Crippen molar-refractivity contribution >= 4 is 100 Å². The van der Waals surface area contributed by atoms with Gasteiger partial charge in [0.05, 0.1) is 25.6 Å². The summed E-state index contributed by atoms with van der Waals surface area (Å²) < 4.78 is 0. The van der Waals surface area contributed by atoms with Crippen molar-refractivity contribution in [3.63, 3.8) is 0 Å². The quantitative estimate of drug-likeness (QED) is 0.100. The van der Waals surface area contributed by atoms with Gasteiger partial charge in [0.25, 0.3) is 0 Å². The van der Waals surface area contributed by atoms with E-state index in [2.05, 4.69) is 194 Å². The van der Waals surface area contributed by atoms with E-state index in [9.17, 15) is 0 Å². The van der Waals surface area contributed by atoms with Gasteiger partial charge in [-0.15, -0.1) is 0 Å². The van der Waals surface area contributed by atoms with Crippen LogP contribution in [0.25, 0.3) is 21.5 Å². The van der Waals surface area contributed by atoms with E-state index in [4.69, 9.17) is 30.8 Å². The largest absolute Gasteiger partial charge is 0.116 e. The molecule has 2 nitrogen and oxygen atoms in total. The number of hydrogen-bond donors (Lipinski definition) is 2. The molecule has 0 saturated carbocycles. The molecular weight excluding hydrogens is 991 g/mol. The predicted octanol–water partition coefficient (Wildman–Crippen LogP) is 12.9. The first kappa shape index (κ1) is 47.5. The van der Waals surface area contributed by atoms with Gasteiger partial charge in [-0.3, -0.25) is 0 Å². The Morgan fingerprint density at radius 3 is 0.894 bits per heavy atom. The third-order valence-corrected chi connectivity index (χ3v) is 18.7. The first-order chi connectivity index (χ1) is 32.6. The molecule has 0 aliphatic carbocycles. The molecule has 4 N–H and O–H groups in total. The Morgan fingerprint density at radius 1 is 0.333 bits per heavy atom. The smallest absolute Gasteiger partial charge is 0.0804 e. The van der Waals surface area contributed by atoms with Crippen molar-refractivity contribution in [2.24, 2.45) is 11.5 Å². The van der Waals surface area contributed by atoms with Crippen LogP contribution in [0.1, 0.15) is 23.2 Å². The molecule has 0 fully saturated rings. The van der Waals surface area contributed by atoms with Crippen molar-refractivity contribution in [2.45, 2.75) is 21.9 Å². The summed E-state index contributed by atoms with van der Waals surface area (Å²) in [6, 6.07) is 91.5. The summed E-state index contributed by atoms with van der Waals surface area (Å²) in [5.41, 5.74) is 14.4. The molecule has 0 aliphatic heterocycles. The van der Waals surface area contributed by atoms with E-state index in [-0.39, 0.29) is 27.2 Å². The van der Waals surface area contributed by atoms with Crippen LogP contribution in [-0.4, -0.2) is 0 Å². The number of nitrogens with two attached hydrogens (primary N) is 2. The van der Waals surface area contributed by atoms with E-state index in [0.29, 0.717) is 0 Å². The molecule has 8 heteroatoms. The van der Waals surface area contributed by atoms with Crippen LogP contribution in [0.4, 0.5) is 0 Å². The second-order valence-corrected chi connectivity index (χ2v) is 24.1. The standard InChI is InChI=1S/C44H32P2S.C14H16N2.2ClH.Ru/c1-5-19-35(20-6-1)45(36-21-7-2-8-22-36)41-31-29-33-17-13-15-27-39(33)43(41)47-44-40-28-16-14-18-34(40)30-32-42(44)46(37-23-9-3-10-24-37)38-25-11-4-12-26-38;15-13(11-7-3-1-4-8-11)14(16)12-9-5-2-6-10-12;;;/h1-32H;1-10,13-14H,15-16H2;2*1H;/q;;;;+4. The molecule has 2 atom stereocenters. The molecule has 10 aromatic rings. The van der Waals surface area contributed by atoms with Gasteiger partial charge in [-0.25, -0.2) is 0 Å². The first-order valence-corrected chi connectivity index (χ1v) is 30.0. The SMILES string of the molecule is NC(c1ccccc1)C(N)c1ccccc1.[Cl][Ru+2][Cl].c1ccc([PH+](c2ccccc2)c2ccc3ccccc3c2Sc2c([PH+](c3ccccc3)c3ccccc3)ccc3ccccc23)cc1. The molecular formula is C58H50Cl2N2P2RuS+4. The van der Waals surface area contributed by atoms with E-state index >= 15 is 0 Å². The molecule has 0 bridgehead atoms. The van der Waals surface area contributed by atoms with Gasteiger partial charge in [-0.05, 0) is 93.3 Å². The van der Waals surface area contributed by atoms with Crippen LogP contribution in [0.15, 0.2) is 265 Å².